The van der Waals surface area contributed by atoms with E-state index in [2.05, 4.69) is 34.2 Å². The average molecular weight is 239 g/mol. The Bertz CT molecular complexity index is 331. The average Bonchev–Trinajstić information content (AvgIpc) is 2.95. The van der Waals surface area contributed by atoms with Crippen molar-refractivity contribution in [2.75, 3.05) is 12.8 Å². The summed E-state index contributed by atoms with van der Waals surface area (Å²) in [7, 11) is 0. The van der Waals surface area contributed by atoms with Gasteiger partial charge < -0.3 is 9.88 Å². The predicted molar refractivity (Wildman–Crippen MR) is 69.7 cm³/mol. The molecule has 0 unspecified atom stereocenters. The van der Waals surface area contributed by atoms with Crippen LogP contribution in [-0.2, 0) is 13.1 Å². The summed E-state index contributed by atoms with van der Waals surface area (Å²) in [4.78, 5) is 4.39. The van der Waals surface area contributed by atoms with Crippen LogP contribution in [0.2, 0.25) is 0 Å². The molecular weight excluding hydrogens is 218 g/mol. The number of hydrogen-bond donors (Lipinski definition) is 1. The van der Waals surface area contributed by atoms with Crippen molar-refractivity contribution in [3.8, 4) is 0 Å². The van der Waals surface area contributed by atoms with E-state index in [1.165, 1.54) is 18.7 Å². The quantitative estimate of drug-likeness (QED) is 0.791. The van der Waals surface area contributed by atoms with E-state index in [9.17, 15) is 0 Å². The molecular formula is C12H21N3S. The van der Waals surface area contributed by atoms with Crippen LogP contribution in [0.3, 0.4) is 0 Å². The Morgan fingerprint density at radius 3 is 3.00 bits per heavy atom. The molecule has 90 valence electrons. The molecule has 16 heavy (non-hydrogen) atoms. The minimum atomic E-state index is 0.544. The molecule has 0 spiro atoms. The maximum atomic E-state index is 4.39. The van der Waals surface area contributed by atoms with Gasteiger partial charge >= 0.3 is 0 Å². The highest BCUT2D eigenvalue weighted by atomic mass is 32.2. The molecule has 1 fully saturated rings. The fourth-order valence-electron chi connectivity index (χ4n) is 1.95. The number of hydrogen-bond acceptors (Lipinski definition) is 3. The lowest BCUT2D eigenvalue weighted by molar-refractivity contribution is 0.582. The van der Waals surface area contributed by atoms with Crippen molar-refractivity contribution < 1.29 is 0 Å². The molecule has 0 atom stereocenters. The lowest BCUT2D eigenvalue weighted by Gasteiger charge is -2.13. The number of nitrogens with one attached hydrogen (secondary N) is 1. The van der Waals surface area contributed by atoms with Crippen molar-refractivity contribution in [1.29, 1.82) is 0 Å². The molecule has 1 aliphatic carbocycles. The van der Waals surface area contributed by atoms with E-state index in [0.717, 1.165) is 26.1 Å². The first kappa shape index (κ1) is 12.0. The Morgan fingerprint density at radius 2 is 2.38 bits per heavy atom. The molecule has 4 heteroatoms. The Morgan fingerprint density at radius 1 is 1.56 bits per heavy atom. The van der Waals surface area contributed by atoms with Gasteiger partial charge in [0.15, 0.2) is 0 Å². The van der Waals surface area contributed by atoms with Crippen LogP contribution >= 0.6 is 11.8 Å². The molecule has 1 heterocycles. The van der Waals surface area contributed by atoms with Crippen LogP contribution < -0.4 is 5.32 Å². The molecule has 1 aliphatic rings. The third-order valence-electron chi connectivity index (χ3n) is 3.24. The molecule has 1 aromatic rings. The molecule has 0 aromatic carbocycles. The Kier molecular flexibility index (Phi) is 3.92. The maximum Gasteiger partial charge on any atom is 0.122 e. The predicted octanol–water partition coefficient (Wildman–Crippen LogP) is 2.28. The van der Waals surface area contributed by atoms with Gasteiger partial charge in [-0.15, -0.1) is 0 Å². The summed E-state index contributed by atoms with van der Waals surface area (Å²) in [6.45, 7) is 5.29. The van der Waals surface area contributed by atoms with Gasteiger partial charge in [-0.1, -0.05) is 6.92 Å². The van der Waals surface area contributed by atoms with Crippen LogP contribution in [0.1, 0.15) is 32.0 Å². The third-order valence-corrected chi connectivity index (χ3v) is 4.66. The molecule has 0 saturated heterocycles. The highest BCUT2D eigenvalue weighted by molar-refractivity contribution is 8.00. The molecule has 1 saturated carbocycles. The SMILES string of the molecule is CCCn1ccnc1CNCC1(SC)CC1. The van der Waals surface area contributed by atoms with Gasteiger partial charge in [-0.25, -0.2) is 4.98 Å². The number of nitrogens with zero attached hydrogens (tertiary/aromatic N) is 2. The summed E-state index contributed by atoms with van der Waals surface area (Å²) in [5, 5.41) is 3.54. The largest absolute Gasteiger partial charge is 0.334 e. The maximum absolute atomic E-state index is 4.39. The highest BCUT2D eigenvalue weighted by Crippen LogP contribution is 2.46. The first-order valence-electron chi connectivity index (χ1n) is 6.05. The molecule has 0 radical (unpaired) electrons. The standard InChI is InChI=1S/C12H21N3S/c1-3-7-15-8-6-14-11(15)9-13-10-12(16-2)4-5-12/h6,8,13H,3-5,7,9-10H2,1-2H3. The van der Waals surface area contributed by atoms with Crippen LogP contribution in [0.5, 0.6) is 0 Å². The number of imidazole rings is 1. The van der Waals surface area contributed by atoms with Crippen molar-refractivity contribution in [3.05, 3.63) is 18.2 Å². The first-order chi connectivity index (χ1) is 7.79. The summed E-state index contributed by atoms with van der Waals surface area (Å²) in [5.41, 5.74) is 0. The topological polar surface area (TPSA) is 29.9 Å². The normalized spacial score (nSPS) is 17.6. The molecule has 0 amide bonds. The summed E-state index contributed by atoms with van der Waals surface area (Å²) in [5.74, 6) is 1.17. The van der Waals surface area contributed by atoms with Gasteiger partial charge in [0.2, 0.25) is 0 Å². The molecule has 2 rings (SSSR count). The fourth-order valence-corrected chi connectivity index (χ4v) is 2.70. The zero-order chi connectivity index (χ0) is 11.4. The van der Waals surface area contributed by atoms with Crippen LogP contribution in [0.25, 0.3) is 0 Å². The number of rotatable bonds is 7. The van der Waals surface area contributed by atoms with Crippen LogP contribution in [0.15, 0.2) is 12.4 Å². The Hall–Kier alpha value is -0.480. The van der Waals surface area contributed by atoms with Gasteiger partial charge in [-0.2, -0.15) is 11.8 Å². The Labute approximate surface area is 102 Å². The van der Waals surface area contributed by atoms with E-state index < -0.39 is 0 Å². The third kappa shape index (κ3) is 2.80. The molecule has 3 nitrogen and oxygen atoms in total. The minimum Gasteiger partial charge on any atom is -0.334 e. The summed E-state index contributed by atoms with van der Waals surface area (Å²) in [6.07, 6.45) is 10.1. The lowest BCUT2D eigenvalue weighted by Crippen LogP contribution is -2.26. The van der Waals surface area contributed by atoms with E-state index in [1.807, 2.05) is 18.0 Å². The van der Waals surface area contributed by atoms with Crippen molar-refractivity contribution in [2.24, 2.45) is 0 Å². The van der Waals surface area contributed by atoms with Gasteiger partial charge in [0.25, 0.3) is 0 Å². The van der Waals surface area contributed by atoms with Gasteiger partial charge in [-0.3, -0.25) is 0 Å². The summed E-state index contributed by atoms with van der Waals surface area (Å²) >= 11 is 2.00. The van der Waals surface area contributed by atoms with Gasteiger partial charge in [0.05, 0.1) is 6.54 Å². The lowest BCUT2D eigenvalue weighted by atomic mass is 10.4. The minimum absolute atomic E-state index is 0.544. The Balaban J connectivity index is 1.78. The van der Waals surface area contributed by atoms with E-state index in [4.69, 9.17) is 0 Å². The monoisotopic (exact) mass is 239 g/mol. The summed E-state index contributed by atoms with van der Waals surface area (Å²) < 4.78 is 2.79. The fraction of sp³-hybridized carbons (Fsp3) is 0.750. The molecule has 1 N–H and O–H groups in total. The van der Waals surface area contributed by atoms with Crippen molar-refractivity contribution >= 4 is 11.8 Å². The van der Waals surface area contributed by atoms with Crippen molar-refractivity contribution in [1.82, 2.24) is 14.9 Å². The van der Waals surface area contributed by atoms with Crippen molar-refractivity contribution in [2.45, 2.75) is 44.0 Å². The zero-order valence-corrected chi connectivity index (χ0v) is 11.0. The molecule has 1 aromatic heterocycles. The molecule has 0 bridgehead atoms. The van der Waals surface area contributed by atoms with Crippen LogP contribution in [-0.4, -0.2) is 27.1 Å². The van der Waals surface area contributed by atoms with Gasteiger partial charge in [-0.05, 0) is 25.5 Å². The van der Waals surface area contributed by atoms with Crippen LogP contribution in [0.4, 0.5) is 0 Å². The second-order valence-electron chi connectivity index (χ2n) is 4.53. The van der Waals surface area contributed by atoms with Gasteiger partial charge in [0, 0.05) is 30.2 Å². The van der Waals surface area contributed by atoms with E-state index in [0.29, 0.717) is 4.75 Å². The van der Waals surface area contributed by atoms with Gasteiger partial charge in [0.1, 0.15) is 5.82 Å². The van der Waals surface area contributed by atoms with E-state index >= 15 is 0 Å². The second-order valence-corrected chi connectivity index (χ2v) is 5.80. The first-order valence-corrected chi connectivity index (χ1v) is 7.28. The smallest absolute Gasteiger partial charge is 0.122 e. The van der Waals surface area contributed by atoms with E-state index in [-0.39, 0.29) is 0 Å². The van der Waals surface area contributed by atoms with E-state index in [1.54, 1.807) is 0 Å². The second kappa shape index (κ2) is 5.23. The van der Waals surface area contributed by atoms with Crippen LogP contribution in [0, 0.1) is 0 Å². The number of thioether (sulfide) groups is 1. The molecule has 0 aliphatic heterocycles. The summed E-state index contributed by atoms with van der Waals surface area (Å²) in [6, 6.07) is 0. The zero-order valence-electron chi connectivity index (χ0n) is 10.2. The number of aromatic nitrogens is 2. The van der Waals surface area contributed by atoms with Crippen molar-refractivity contribution in [3.63, 3.8) is 0 Å². The number of aryl methyl sites for hydroxylation is 1. The highest BCUT2D eigenvalue weighted by Gasteiger charge is 2.41.